The number of halogens is 3. The molecule has 0 bridgehead atoms. The molecule has 2 fully saturated rings. The van der Waals surface area contributed by atoms with Crippen LogP contribution in [0.5, 0.6) is 0 Å². The van der Waals surface area contributed by atoms with Gasteiger partial charge in [0, 0.05) is 18.2 Å². The molecule has 0 amide bonds. The van der Waals surface area contributed by atoms with E-state index in [0.717, 1.165) is 38.4 Å². The lowest BCUT2D eigenvalue weighted by Crippen LogP contribution is -2.42. The van der Waals surface area contributed by atoms with Crippen molar-refractivity contribution in [3.8, 4) is 0 Å². The summed E-state index contributed by atoms with van der Waals surface area (Å²) in [6.07, 6.45) is 4.86. The molecule has 0 unspecified atom stereocenters. The van der Waals surface area contributed by atoms with Crippen molar-refractivity contribution < 1.29 is 8.78 Å². The van der Waals surface area contributed by atoms with Gasteiger partial charge in [0.1, 0.15) is 11.6 Å². The number of piperidine rings is 1. The third kappa shape index (κ3) is 4.02. The highest BCUT2D eigenvalue weighted by Gasteiger charge is 2.25. The molecule has 0 atom stereocenters. The molecule has 1 aromatic rings. The topological polar surface area (TPSA) is 15.3 Å². The molecule has 21 heavy (non-hydrogen) atoms. The Hall–Kier alpha value is -0.520. The number of benzene rings is 1. The molecule has 5 heteroatoms. The summed E-state index contributed by atoms with van der Waals surface area (Å²) in [5.41, 5.74) is 0.175. The Morgan fingerprint density at radius 1 is 1.14 bits per heavy atom. The van der Waals surface area contributed by atoms with Gasteiger partial charge in [0.25, 0.3) is 0 Å². The molecule has 0 aromatic heterocycles. The average molecular weight is 359 g/mol. The molecule has 1 aromatic carbocycles. The fraction of sp³-hybridized carbons (Fsp3) is 0.625. The molecule has 116 valence electrons. The van der Waals surface area contributed by atoms with Gasteiger partial charge >= 0.3 is 0 Å². The van der Waals surface area contributed by atoms with Crippen molar-refractivity contribution in [3.05, 3.63) is 33.8 Å². The maximum Gasteiger partial charge on any atom is 0.144 e. The van der Waals surface area contributed by atoms with Gasteiger partial charge in [-0.05, 0) is 79.3 Å². The first-order valence-electron chi connectivity index (χ1n) is 7.71. The van der Waals surface area contributed by atoms with E-state index < -0.39 is 11.6 Å². The van der Waals surface area contributed by atoms with Crippen LogP contribution in [0, 0.1) is 17.6 Å². The monoisotopic (exact) mass is 358 g/mol. The van der Waals surface area contributed by atoms with Crippen molar-refractivity contribution in [1.29, 1.82) is 0 Å². The molecule has 1 saturated carbocycles. The first kappa shape index (κ1) is 15.4. The van der Waals surface area contributed by atoms with Gasteiger partial charge in [0.15, 0.2) is 0 Å². The molecule has 1 heterocycles. The molecule has 2 nitrogen and oxygen atoms in total. The summed E-state index contributed by atoms with van der Waals surface area (Å²) in [6, 6.07) is 3.31. The number of rotatable bonds is 5. The van der Waals surface area contributed by atoms with Gasteiger partial charge in [0.05, 0.1) is 4.47 Å². The molecular formula is C16H21BrF2N2. The molecule has 3 rings (SSSR count). The van der Waals surface area contributed by atoms with Crippen LogP contribution in [-0.2, 0) is 6.54 Å². The van der Waals surface area contributed by atoms with Crippen LogP contribution in [0.3, 0.4) is 0 Å². The Morgan fingerprint density at radius 2 is 1.86 bits per heavy atom. The number of hydrogen-bond acceptors (Lipinski definition) is 2. The maximum atomic E-state index is 14.0. The van der Waals surface area contributed by atoms with Gasteiger partial charge in [-0.2, -0.15) is 0 Å². The SMILES string of the molecule is Fc1ccc(Br)c(F)c1CN1CCC(NCC2CC2)CC1. The van der Waals surface area contributed by atoms with Gasteiger partial charge in [0.2, 0.25) is 0 Å². The predicted octanol–water partition coefficient (Wildman–Crippen LogP) is 3.69. The van der Waals surface area contributed by atoms with Crippen LogP contribution in [0.4, 0.5) is 8.78 Å². The average Bonchev–Trinajstić information content (AvgIpc) is 3.31. The minimum absolute atomic E-state index is 0.175. The van der Waals surface area contributed by atoms with Gasteiger partial charge in [-0.15, -0.1) is 0 Å². The summed E-state index contributed by atoms with van der Waals surface area (Å²) in [4.78, 5) is 2.14. The van der Waals surface area contributed by atoms with Crippen LogP contribution in [0.15, 0.2) is 16.6 Å². The number of nitrogens with one attached hydrogen (secondary N) is 1. The summed E-state index contributed by atoms with van der Waals surface area (Å²) >= 11 is 3.12. The van der Waals surface area contributed by atoms with E-state index in [4.69, 9.17) is 0 Å². The van der Waals surface area contributed by atoms with Crippen molar-refractivity contribution in [3.63, 3.8) is 0 Å². The maximum absolute atomic E-state index is 14.0. The van der Waals surface area contributed by atoms with Crippen molar-refractivity contribution in [2.75, 3.05) is 19.6 Å². The van der Waals surface area contributed by atoms with Crippen molar-refractivity contribution in [1.82, 2.24) is 10.2 Å². The van der Waals surface area contributed by atoms with Crippen LogP contribution in [0.1, 0.15) is 31.2 Å². The largest absolute Gasteiger partial charge is 0.314 e. The summed E-state index contributed by atoms with van der Waals surface area (Å²) < 4.78 is 28.1. The van der Waals surface area contributed by atoms with Crippen LogP contribution in [-0.4, -0.2) is 30.6 Å². The van der Waals surface area contributed by atoms with Crippen LogP contribution < -0.4 is 5.32 Å². The predicted molar refractivity (Wildman–Crippen MR) is 83.1 cm³/mol. The third-order valence-electron chi connectivity index (χ3n) is 4.50. The standard InChI is InChI=1S/C16H21BrF2N2/c17-14-3-4-15(18)13(16(14)19)10-21-7-5-12(6-8-21)20-9-11-1-2-11/h3-4,11-12,20H,1-2,5-10H2. The fourth-order valence-electron chi connectivity index (χ4n) is 2.89. The summed E-state index contributed by atoms with van der Waals surface area (Å²) in [5, 5.41) is 3.62. The second-order valence-electron chi connectivity index (χ2n) is 6.22. The Bertz CT molecular complexity index is 497. The van der Waals surface area contributed by atoms with E-state index >= 15 is 0 Å². The van der Waals surface area contributed by atoms with Crippen molar-refractivity contribution in [2.24, 2.45) is 5.92 Å². The first-order valence-corrected chi connectivity index (χ1v) is 8.51. The summed E-state index contributed by atoms with van der Waals surface area (Å²) in [5.74, 6) is -0.0263. The normalized spacial score (nSPS) is 20.9. The highest BCUT2D eigenvalue weighted by Crippen LogP contribution is 2.28. The second kappa shape index (κ2) is 6.71. The third-order valence-corrected chi connectivity index (χ3v) is 5.11. The molecule has 1 aliphatic carbocycles. The zero-order valence-corrected chi connectivity index (χ0v) is 13.6. The zero-order valence-electron chi connectivity index (χ0n) is 12.0. The quantitative estimate of drug-likeness (QED) is 0.807. The molecular weight excluding hydrogens is 338 g/mol. The second-order valence-corrected chi connectivity index (χ2v) is 7.08. The zero-order chi connectivity index (χ0) is 14.8. The lowest BCUT2D eigenvalue weighted by Gasteiger charge is -2.32. The Balaban J connectivity index is 1.51. The minimum Gasteiger partial charge on any atom is -0.314 e. The van der Waals surface area contributed by atoms with Gasteiger partial charge in [-0.25, -0.2) is 8.78 Å². The number of nitrogens with zero attached hydrogens (tertiary/aromatic N) is 1. The summed E-state index contributed by atoms with van der Waals surface area (Å²) in [6.45, 7) is 3.29. The summed E-state index contributed by atoms with van der Waals surface area (Å²) in [7, 11) is 0. The molecule has 0 radical (unpaired) electrons. The van der Waals surface area contributed by atoms with Crippen molar-refractivity contribution >= 4 is 15.9 Å². The highest BCUT2D eigenvalue weighted by atomic mass is 79.9. The molecule has 1 saturated heterocycles. The van der Waals surface area contributed by atoms with Crippen LogP contribution in [0.2, 0.25) is 0 Å². The lowest BCUT2D eigenvalue weighted by atomic mass is 10.0. The van der Waals surface area contributed by atoms with Crippen molar-refractivity contribution in [2.45, 2.75) is 38.3 Å². The van der Waals surface area contributed by atoms with Gasteiger partial charge < -0.3 is 5.32 Å². The Labute approximate surface area is 133 Å². The highest BCUT2D eigenvalue weighted by molar-refractivity contribution is 9.10. The Kier molecular flexibility index (Phi) is 4.92. The molecule has 2 aliphatic rings. The number of likely N-dealkylation sites (tertiary alicyclic amines) is 1. The van der Waals surface area contributed by atoms with Crippen LogP contribution in [0.25, 0.3) is 0 Å². The molecule has 0 spiro atoms. The molecule has 1 N–H and O–H groups in total. The minimum atomic E-state index is -0.469. The van der Waals surface area contributed by atoms with Crippen LogP contribution >= 0.6 is 15.9 Å². The van der Waals surface area contributed by atoms with E-state index in [1.165, 1.54) is 25.0 Å². The first-order chi connectivity index (χ1) is 10.1. The van der Waals surface area contributed by atoms with E-state index in [2.05, 4.69) is 26.1 Å². The van der Waals surface area contributed by atoms with E-state index in [0.29, 0.717) is 17.1 Å². The van der Waals surface area contributed by atoms with Gasteiger partial charge in [-0.3, -0.25) is 4.90 Å². The number of hydrogen-bond donors (Lipinski definition) is 1. The van der Waals surface area contributed by atoms with E-state index in [9.17, 15) is 8.78 Å². The van der Waals surface area contributed by atoms with Gasteiger partial charge in [-0.1, -0.05) is 0 Å². The Morgan fingerprint density at radius 3 is 2.52 bits per heavy atom. The van der Waals surface area contributed by atoms with E-state index in [1.54, 1.807) is 0 Å². The fourth-order valence-corrected chi connectivity index (χ4v) is 3.26. The van der Waals surface area contributed by atoms with E-state index in [-0.39, 0.29) is 5.56 Å². The molecule has 1 aliphatic heterocycles. The smallest absolute Gasteiger partial charge is 0.144 e. The van der Waals surface area contributed by atoms with E-state index in [1.807, 2.05) is 0 Å². The lowest BCUT2D eigenvalue weighted by molar-refractivity contribution is 0.186.